The molecule has 2 N–H and O–H groups in total. The van der Waals surface area contributed by atoms with E-state index in [1.54, 1.807) is 4.68 Å². The zero-order chi connectivity index (χ0) is 14.1. The molecule has 2 heterocycles. The number of carbonyl (C=O) groups excluding carboxylic acids is 1. The number of hydrogen-bond acceptors (Lipinski definition) is 3. The predicted octanol–water partition coefficient (Wildman–Crippen LogP) is 1.38. The Morgan fingerprint density at radius 1 is 1.40 bits per heavy atom. The molecule has 0 saturated heterocycles. The molecule has 1 aliphatic heterocycles. The van der Waals surface area contributed by atoms with E-state index in [0.29, 0.717) is 0 Å². The molecule has 0 saturated carbocycles. The van der Waals surface area contributed by atoms with E-state index in [-0.39, 0.29) is 11.9 Å². The number of carbonyl (C=O) groups is 1. The maximum Gasteiger partial charge on any atom is 0.241 e. The molecule has 0 radical (unpaired) electrons. The van der Waals surface area contributed by atoms with Gasteiger partial charge in [0.1, 0.15) is 0 Å². The number of hydrogen-bond donors (Lipinski definition) is 2. The minimum absolute atomic E-state index is 0.00407. The van der Waals surface area contributed by atoms with E-state index in [9.17, 15) is 4.79 Å². The van der Waals surface area contributed by atoms with Crippen molar-refractivity contribution in [1.29, 1.82) is 0 Å². The molecule has 1 aromatic heterocycles. The quantitative estimate of drug-likeness (QED) is 0.867. The Balaban J connectivity index is 1.72. The number of rotatable bonds is 2. The monoisotopic (exact) mass is 270 g/mol. The number of aromatic nitrogens is 2. The van der Waals surface area contributed by atoms with E-state index in [2.05, 4.69) is 27.9 Å². The smallest absolute Gasteiger partial charge is 0.241 e. The molecule has 20 heavy (non-hydrogen) atoms. The lowest BCUT2D eigenvalue weighted by Gasteiger charge is -2.25. The average Bonchev–Trinajstić information content (AvgIpc) is 2.76. The Morgan fingerprint density at radius 2 is 2.15 bits per heavy atom. The molecule has 1 aliphatic rings. The lowest BCUT2D eigenvalue weighted by Crippen LogP contribution is -2.44. The Hall–Kier alpha value is -2.14. The van der Waals surface area contributed by atoms with Crippen LogP contribution in [0.5, 0.6) is 0 Å². The highest BCUT2D eigenvalue weighted by Gasteiger charge is 2.24. The highest BCUT2D eigenvalue weighted by Crippen LogP contribution is 2.18. The topological polar surface area (TPSA) is 59.0 Å². The summed E-state index contributed by atoms with van der Waals surface area (Å²) in [5.41, 5.74) is 4.12. The van der Waals surface area contributed by atoms with Gasteiger partial charge in [0.05, 0.1) is 17.4 Å². The third-order valence-corrected chi connectivity index (χ3v) is 3.67. The molecule has 0 fully saturated rings. The van der Waals surface area contributed by atoms with Gasteiger partial charge >= 0.3 is 0 Å². The number of fused-ring (bicyclic) bond motifs is 1. The summed E-state index contributed by atoms with van der Waals surface area (Å²) in [6.07, 6.45) is 2.55. The van der Waals surface area contributed by atoms with Crippen molar-refractivity contribution in [3.63, 3.8) is 0 Å². The summed E-state index contributed by atoms with van der Waals surface area (Å²) in [7, 11) is 1.85. The third kappa shape index (κ3) is 2.44. The molecule has 104 valence electrons. The molecule has 1 aromatic carbocycles. The van der Waals surface area contributed by atoms with Gasteiger partial charge in [-0.2, -0.15) is 5.10 Å². The third-order valence-electron chi connectivity index (χ3n) is 3.67. The van der Waals surface area contributed by atoms with Gasteiger partial charge in [-0.3, -0.25) is 9.48 Å². The summed E-state index contributed by atoms with van der Waals surface area (Å²) >= 11 is 0. The van der Waals surface area contributed by atoms with Crippen LogP contribution in [-0.2, 0) is 24.8 Å². The first-order chi connectivity index (χ1) is 9.63. The lowest BCUT2D eigenvalue weighted by molar-refractivity contribution is -0.118. The van der Waals surface area contributed by atoms with Gasteiger partial charge in [-0.15, -0.1) is 0 Å². The molecular formula is C15H18N4O. The summed E-state index contributed by atoms with van der Waals surface area (Å²) < 4.78 is 1.70. The molecule has 2 aromatic rings. The van der Waals surface area contributed by atoms with Gasteiger partial charge in [-0.25, -0.2) is 0 Å². The maximum atomic E-state index is 12.3. The summed E-state index contributed by atoms with van der Waals surface area (Å²) in [6, 6.07) is 8.04. The van der Waals surface area contributed by atoms with E-state index in [1.807, 2.05) is 32.3 Å². The minimum atomic E-state index is -0.190. The molecule has 5 heteroatoms. The standard InChI is InChI=1S/C15H18N4O/c1-10-14(9-19(2)18-10)17-15(20)13-7-11-5-3-4-6-12(11)8-16-13/h3-6,9,13,16H,7-8H2,1-2H3,(H,17,20)/t13-/m1/s1. The van der Waals surface area contributed by atoms with Crippen LogP contribution in [0.3, 0.4) is 0 Å². The van der Waals surface area contributed by atoms with Crippen molar-refractivity contribution in [3.05, 3.63) is 47.3 Å². The SMILES string of the molecule is Cc1nn(C)cc1NC(=O)[C@H]1Cc2ccccc2CN1. The van der Waals surface area contributed by atoms with Crippen molar-refractivity contribution in [3.8, 4) is 0 Å². The van der Waals surface area contributed by atoms with Crippen LogP contribution in [0.1, 0.15) is 16.8 Å². The van der Waals surface area contributed by atoms with E-state index in [0.717, 1.165) is 24.3 Å². The molecule has 1 atom stereocenters. The van der Waals surface area contributed by atoms with Crippen LogP contribution in [0.15, 0.2) is 30.5 Å². The van der Waals surface area contributed by atoms with Crippen molar-refractivity contribution in [2.45, 2.75) is 25.9 Å². The second-order valence-corrected chi connectivity index (χ2v) is 5.20. The van der Waals surface area contributed by atoms with Crippen LogP contribution in [0, 0.1) is 6.92 Å². The van der Waals surface area contributed by atoms with Gasteiger partial charge in [0.15, 0.2) is 0 Å². The molecule has 5 nitrogen and oxygen atoms in total. The number of benzene rings is 1. The van der Waals surface area contributed by atoms with E-state index in [1.165, 1.54) is 11.1 Å². The lowest BCUT2D eigenvalue weighted by atomic mass is 9.95. The highest BCUT2D eigenvalue weighted by molar-refractivity contribution is 5.95. The Labute approximate surface area is 118 Å². The van der Waals surface area contributed by atoms with Crippen LogP contribution >= 0.6 is 0 Å². The molecule has 1 amide bonds. The van der Waals surface area contributed by atoms with Crippen molar-refractivity contribution in [2.75, 3.05) is 5.32 Å². The molecular weight excluding hydrogens is 252 g/mol. The first-order valence-electron chi connectivity index (χ1n) is 6.75. The maximum absolute atomic E-state index is 12.3. The highest BCUT2D eigenvalue weighted by atomic mass is 16.2. The normalized spacial score (nSPS) is 17.6. The van der Waals surface area contributed by atoms with E-state index < -0.39 is 0 Å². The van der Waals surface area contributed by atoms with Gasteiger partial charge in [0.2, 0.25) is 5.91 Å². The molecule has 0 bridgehead atoms. The number of nitrogens with zero attached hydrogens (tertiary/aromatic N) is 2. The molecule has 0 aliphatic carbocycles. The van der Waals surface area contributed by atoms with Crippen LogP contribution in [0.2, 0.25) is 0 Å². The van der Waals surface area contributed by atoms with Gasteiger partial charge in [-0.1, -0.05) is 24.3 Å². The number of anilines is 1. The van der Waals surface area contributed by atoms with Crippen molar-refractivity contribution < 1.29 is 4.79 Å². The Bertz CT molecular complexity index is 647. The van der Waals surface area contributed by atoms with Crippen LogP contribution in [-0.4, -0.2) is 21.7 Å². The number of amides is 1. The zero-order valence-electron chi connectivity index (χ0n) is 11.7. The predicted molar refractivity (Wildman–Crippen MR) is 77.3 cm³/mol. The fourth-order valence-corrected chi connectivity index (χ4v) is 2.58. The van der Waals surface area contributed by atoms with Gasteiger partial charge in [-0.05, 0) is 24.5 Å². The largest absolute Gasteiger partial charge is 0.322 e. The molecule has 0 spiro atoms. The van der Waals surface area contributed by atoms with Gasteiger partial charge < -0.3 is 10.6 Å². The second kappa shape index (κ2) is 5.09. The summed E-state index contributed by atoms with van der Waals surface area (Å²) in [6.45, 7) is 2.62. The van der Waals surface area contributed by atoms with E-state index >= 15 is 0 Å². The van der Waals surface area contributed by atoms with Crippen molar-refractivity contribution >= 4 is 11.6 Å². The van der Waals surface area contributed by atoms with Crippen LogP contribution in [0.4, 0.5) is 5.69 Å². The zero-order valence-corrected chi connectivity index (χ0v) is 11.7. The fourth-order valence-electron chi connectivity index (χ4n) is 2.58. The van der Waals surface area contributed by atoms with Crippen LogP contribution in [0.25, 0.3) is 0 Å². The first kappa shape index (κ1) is 12.9. The average molecular weight is 270 g/mol. The first-order valence-corrected chi connectivity index (χ1v) is 6.75. The van der Waals surface area contributed by atoms with Crippen molar-refractivity contribution in [1.82, 2.24) is 15.1 Å². The second-order valence-electron chi connectivity index (χ2n) is 5.20. The van der Waals surface area contributed by atoms with E-state index in [4.69, 9.17) is 0 Å². The van der Waals surface area contributed by atoms with Crippen LogP contribution < -0.4 is 10.6 Å². The van der Waals surface area contributed by atoms with Gasteiger partial charge in [0, 0.05) is 19.8 Å². The minimum Gasteiger partial charge on any atom is -0.322 e. The summed E-state index contributed by atoms with van der Waals surface area (Å²) in [5.74, 6) is -0.00407. The fraction of sp³-hybridized carbons (Fsp3) is 0.333. The summed E-state index contributed by atoms with van der Waals surface area (Å²) in [4.78, 5) is 12.3. The molecule has 0 unspecified atom stereocenters. The van der Waals surface area contributed by atoms with Crippen molar-refractivity contribution in [2.24, 2.45) is 7.05 Å². The number of nitrogens with one attached hydrogen (secondary N) is 2. The Morgan fingerprint density at radius 3 is 2.85 bits per heavy atom. The summed E-state index contributed by atoms with van der Waals surface area (Å²) in [5, 5.41) is 10.5. The Kier molecular flexibility index (Phi) is 3.28. The molecule has 3 rings (SSSR count). The van der Waals surface area contributed by atoms with Gasteiger partial charge in [0.25, 0.3) is 0 Å². The number of aryl methyl sites for hydroxylation is 2.